The van der Waals surface area contributed by atoms with Crippen molar-refractivity contribution < 1.29 is 9.59 Å². The maximum atomic E-state index is 12.9. The van der Waals surface area contributed by atoms with Crippen LogP contribution in [0.2, 0.25) is 0 Å². The fourth-order valence-corrected chi connectivity index (χ4v) is 3.86. The van der Waals surface area contributed by atoms with E-state index in [4.69, 9.17) is 0 Å². The summed E-state index contributed by atoms with van der Waals surface area (Å²) in [7, 11) is 0. The normalized spacial score (nSPS) is 21.0. The number of hydrogen-bond donors (Lipinski definition) is 1. The number of aliphatic imine (C=N–C) groups is 1. The SMILES string of the molecule is CC1(C(=O)NCc2csc(-c3cccnc3)n2)CC(=O)N=C2C=CC=CN21. The molecule has 0 spiro atoms. The topological polar surface area (TPSA) is 87.5 Å². The summed E-state index contributed by atoms with van der Waals surface area (Å²) in [5.41, 5.74) is 0.689. The summed E-state index contributed by atoms with van der Waals surface area (Å²) in [5.74, 6) is -0.0515. The van der Waals surface area contributed by atoms with Crippen molar-refractivity contribution in [2.24, 2.45) is 4.99 Å². The lowest BCUT2D eigenvalue weighted by atomic mass is 9.91. The number of hydrogen-bond acceptors (Lipinski definition) is 6. The van der Waals surface area contributed by atoms with Crippen molar-refractivity contribution in [1.29, 1.82) is 0 Å². The van der Waals surface area contributed by atoms with Crippen LogP contribution in [0.5, 0.6) is 0 Å². The highest BCUT2D eigenvalue weighted by atomic mass is 32.1. The van der Waals surface area contributed by atoms with E-state index in [1.54, 1.807) is 42.6 Å². The lowest BCUT2D eigenvalue weighted by Gasteiger charge is -2.41. The number of amides is 2. The average molecular weight is 379 g/mol. The second-order valence-corrected chi connectivity index (χ2v) is 7.31. The molecule has 0 bridgehead atoms. The van der Waals surface area contributed by atoms with E-state index in [9.17, 15) is 9.59 Å². The van der Waals surface area contributed by atoms with Gasteiger partial charge in [0.15, 0.2) is 0 Å². The molecule has 0 aliphatic carbocycles. The molecule has 136 valence electrons. The number of allylic oxidation sites excluding steroid dienone is 2. The summed E-state index contributed by atoms with van der Waals surface area (Å²) < 4.78 is 0. The zero-order chi connectivity index (χ0) is 18.9. The fraction of sp³-hybridized carbons (Fsp3) is 0.211. The van der Waals surface area contributed by atoms with Crippen LogP contribution in [0.1, 0.15) is 19.0 Å². The van der Waals surface area contributed by atoms with Crippen molar-refractivity contribution in [3.8, 4) is 10.6 Å². The van der Waals surface area contributed by atoms with E-state index >= 15 is 0 Å². The molecule has 0 saturated heterocycles. The smallest absolute Gasteiger partial charge is 0.250 e. The molecular formula is C19H17N5O2S. The molecule has 1 N–H and O–H groups in total. The first-order valence-corrected chi connectivity index (χ1v) is 9.33. The van der Waals surface area contributed by atoms with Gasteiger partial charge in [0, 0.05) is 29.5 Å². The van der Waals surface area contributed by atoms with Crippen molar-refractivity contribution in [1.82, 2.24) is 20.2 Å². The molecule has 8 heteroatoms. The Morgan fingerprint density at radius 2 is 2.30 bits per heavy atom. The Morgan fingerprint density at radius 1 is 1.41 bits per heavy atom. The van der Waals surface area contributed by atoms with Gasteiger partial charge in [0.1, 0.15) is 16.4 Å². The molecule has 1 atom stereocenters. The molecule has 2 amide bonds. The van der Waals surface area contributed by atoms with Crippen LogP contribution in [-0.4, -0.2) is 38.1 Å². The predicted molar refractivity (Wildman–Crippen MR) is 103 cm³/mol. The van der Waals surface area contributed by atoms with Gasteiger partial charge < -0.3 is 10.2 Å². The number of thiazole rings is 1. The molecule has 27 heavy (non-hydrogen) atoms. The summed E-state index contributed by atoms with van der Waals surface area (Å²) in [4.78, 5) is 39.3. The Labute approximate surface area is 160 Å². The van der Waals surface area contributed by atoms with Crippen LogP contribution < -0.4 is 5.32 Å². The molecule has 0 fully saturated rings. The maximum absolute atomic E-state index is 12.9. The van der Waals surface area contributed by atoms with Gasteiger partial charge in [-0.25, -0.2) is 4.98 Å². The van der Waals surface area contributed by atoms with Crippen molar-refractivity contribution >= 4 is 29.0 Å². The van der Waals surface area contributed by atoms with Gasteiger partial charge in [-0.2, -0.15) is 4.99 Å². The fourth-order valence-electron chi connectivity index (χ4n) is 3.05. The van der Waals surface area contributed by atoms with E-state index in [1.807, 2.05) is 23.6 Å². The van der Waals surface area contributed by atoms with Crippen LogP contribution in [0.4, 0.5) is 0 Å². The van der Waals surface area contributed by atoms with Crippen LogP contribution in [0.25, 0.3) is 10.6 Å². The van der Waals surface area contributed by atoms with Gasteiger partial charge in [0.2, 0.25) is 5.91 Å². The lowest BCUT2D eigenvalue weighted by molar-refractivity contribution is -0.134. The summed E-state index contributed by atoms with van der Waals surface area (Å²) in [6, 6.07) is 3.80. The van der Waals surface area contributed by atoms with E-state index < -0.39 is 5.54 Å². The highest BCUT2D eigenvalue weighted by Crippen LogP contribution is 2.28. The van der Waals surface area contributed by atoms with Gasteiger partial charge in [-0.15, -0.1) is 11.3 Å². The second kappa shape index (κ2) is 6.88. The van der Waals surface area contributed by atoms with Crippen molar-refractivity contribution in [2.75, 3.05) is 0 Å². The summed E-state index contributed by atoms with van der Waals surface area (Å²) >= 11 is 1.50. The molecule has 4 heterocycles. The molecule has 2 aliphatic heterocycles. The molecule has 2 aromatic rings. The molecule has 2 aromatic heterocycles. The Balaban J connectivity index is 1.47. The lowest BCUT2D eigenvalue weighted by Crippen LogP contribution is -2.59. The standard InChI is InChI=1S/C19H17N5O2S/c1-19(9-16(25)23-15-6-2-3-8-24(15)19)18(26)21-11-14-12-27-17(22-14)13-5-4-7-20-10-13/h2-8,10,12H,9,11H2,1H3,(H,21,26). The number of fused-ring (bicyclic) bond motifs is 1. The molecule has 0 radical (unpaired) electrons. The Bertz CT molecular complexity index is 979. The van der Waals surface area contributed by atoms with Gasteiger partial charge in [-0.05, 0) is 31.2 Å². The first-order chi connectivity index (χ1) is 13.1. The van der Waals surface area contributed by atoms with Crippen LogP contribution in [0, 0.1) is 0 Å². The van der Waals surface area contributed by atoms with Crippen molar-refractivity contribution in [3.63, 3.8) is 0 Å². The van der Waals surface area contributed by atoms with Crippen LogP contribution in [-0.2, 0) is 16.1 Å². The summed E-state index contributed by atoms with van der Waals surface area (Å²) in [6.45, 7) is 2.04. The van der Waals surface area contributed by atoms with Crippen LogP contribution in [0.3, 0.4) is 0 Å². The number of amidine groups is 1. The van der Waals surface area contributed by atoms with Gasteiger partial charge in [-0.3, -0.25) is 14.6 Å². The number of aromatic nitrogens is 2. The maximum Gasteiger partial charge on any atom is 0.250 e. The van der Waals surface area contributed by atoms with Gasteiger partial charge >= 0.3 is 0 Å². The molecule has 0 aromatic carbocycles. The Morgan fingerprint density at radius 3 is 3.11 bits per heavy atom. The zero-order valence-corrected chi connectivity index (χ0v) is 15.4. The zero-order valence-electron chi connectivity index (χ0n) is 14.6. The number of rotatable bonds is 4. The van der Waals surface area contributed by atoms with Gasteiger partial charge in [0.05, 0.1) is 18.7 Å². The number of carbonyl (C=O) groups excluding carboxylic acids is 2. The third kappa shape index (κ3) is 3.31. The number of nitrogens with one attached hydrogen (secondary N) is 1. The van der Waals surface area contributed by atoms with Crippen LogP contribution in [0.15, 0.2) is 59.3 Å². The van der Waals surface area contributed by atoms with Crippen molar-refractivity contribution in [3.05, 3.63) is 60.0 Å². The molecule has 4 rings (SSSR count). The van der Waals surface area contributed by atoms with E-state index in [-0.39, 0.29) is 18.2 Å². The van der Waals surface area contributed by atoms with E-state index in [1.165, 1.54) is 11.3 Å². The van der Waals surface area contributed by atoms with Crippen molar-refractivity contribution in [2.45, 2.75) is 25.4 Å². The highest BCUT2D eigenvalue weighted by molar-refractivity contribution is 7.13. The van der Waals surface area contributed by atoms with Gasteiger partial charge in [0.25, 0.3) is 5.91 Å². The molecular weight excluding hydrogens is 362 g/mol. The summed E-state index contributed by atoms with van der Waals surface area (Å²) in [6.07, 6.45) is 10.6. The minimum absolute atomic E-state index is 0.0263. The average Bonchev–Trinajstić information content (AvgIpc) is 3.15. The molecule has 1 unspecified atom stereocenters. The number of pyridine rings is 1. The first-order valence-electron chi connectivity index (χ1n) is 8.45. The first kappa shape index (κ1) is 17.3. The molecule has 7 nitrogen and oxygen atoms in total. The minimum Gasteiger partial charge on any atom is -0.348 e. The van der Waals surface area contributed by atoms with E-state index in [0.29, 0.717) is 12.4 Å². The van der Waals surface area contributed by atoms with E-state index in [2.05, 4.69) is 20.3 Å². The third-order valence-electron chi connectivity index (χ3n) is 4.48. The number of carbonyl (C=O) groups is 2. The second-order valence-electron chi connectivity index (χ2n) is 6.45. The quantitative estimate of drug-likeness (QED) is 0.881. The van der Waals surface area contributed by atoms with Crippen LogP contribution >= 0.6 is 11.3 Å². The van der Waals surface area contributed by atoms with E-state index in [0.717, 1.165) is 16.3 Å². The largest absolute Gasteiger partial charge is 0.348 e. The van der Waals surface area contributed by atoms with Gasteiger partial charge in [-0.1, -0.05) is 6.08 Å². The Kier molecular flexibility index (Phi) is 4.41. The predicted octanol–water partition coefficient (Wildman–Crippen LogP) is 2.29. The molecule has 2 aliphatic rings. The Hall–Kier alpha value is -3.13. The summed E-state index contributed by atoms with van der Waals surface area (Å²) in [5, 5.41) is 5.67. The monoisotopic (exact) mass is 379 g/mol. The number of nitrogens with zero attached hydrogens (tertiary/aromatic N) is 4. The third-order valence-corrected chi connectivity index (χ3v) is 5.42. The highest BCUT2D eigenvalue weighted by Gasteiger charge is 2.45. The minimum atomic E-state index is -1.02. The molecule has 0 saturated carbocycles.